The number of urea groups is 1. The first kappa shape index (κ1) is 15.3. The molecule has 1 atom stereocenters. The van der Waals surface area contributed by atoms with Crippen molar-refractivity contribution in [1.29, 1.82) is 0 Å². The standard InChI is InChI=1S/C12H21N3O4/c1-9(4-5-11(17)18)13-12(19)15-7-3-6-14(2)10(16)8-15/h9H,3-8H2,1-2H3,(H,13,19)(H,17,18). The first-order valence-corrected chi connectivity index (χ1v) is 6.41. The number of likely N-dealkylation sites (N-methyl/N-ethyl adjacent to an activating group) is 1. The molecule has 1 aliphatic rings. The maximum atomic E-state index is 12.0. The fourth-order valence-corrected chi connectivity index (χ4v) is 1.87. The lowest BCUT2D eigenvalue weighted by atomic mass is 10.2. The average molecular weight is 271 g/mol. The van der Waals surface area contributed by atoms with Gasteiger partial charge in [-0.25, -0.2) is 4.79 Å². The number of carboxylic acid groups (broad SMARTS) is 1. The van der Waals surface area contributed by atoms with E-state index in [4.69, 9.17) is 5.11 Å². The Morgan fingerprint density at radius 1 is 1.42 bits per heavy atom. The van der Waals surface area contributed by atoms with Crippen LogP contribution in [0.5, 0.6) is 0 Å². The van der Waals surface area contributed by atoms with Crippen LogP contribution in [0.15, 0.2) is 0 Å². The number of carbonyl (C=O) groups is 3. The third-order valence-electron chi connectivity index (χ3n) is 3.12. The summed E-state index contributed by atoms with van der Waals surface area (Å²) >= 11 is 0. The van der Waals surface area contributed by atoms with Crippen LogP contribution >= 0.6 is 0 Å². The number of nitrogens with zero attached hydrogens (tertiary/aromatic N) is 2. The first-order chi connectivity index (χ1) is 8.90. The Balaban J connectivity index is 2.43. The summed E-state index contributed by atoms with van der Waals surface area (Å²) in [4.78, 5) is 37.1. The normalized spacial score (nSPS) is 17.9. The van der Waals surface area contributed by atoms with E-state index in [1.165, 1.54) is 4.90 Å². The van der Waals surface area contributed by atoms with Crippen LogP contribution in [0.4, 0.5) is 4.79 Å². The van der Waals surface area contributed by atoms with Gasteiger partial charge in [-0.2, -0.15) is 0 Å². The minimum absolute atomic E-state index is 0.0170. The summed E-state index contributed by atoms with van der Waals surface area (Å²) in [5.74, 6) is -0.960. The molecule has 1 heterocycles. The highest BCUT2D eigenvalue weighted by Crippen LogP contribution is 2.04. The van der Waals surface area contributed by atoms with E-state index in [2.05, 4.69) is 5.32 Å². The summed E-state index contributed by atoms with van der Waals surface area (Å²) in [5.41, 5.74) is 0. The van der Waals surface area contributed by atoms with Gasteiger partial charge in [0.2, 0.25) is 5.91 Å². The van der Waals surface area contributed by atoms with E-state index in [1.54, 1.807) is 18.9 Å². The van der Waals surface area contributed by atoms with Gasteiger partial charge in [0.25, 0.3) is 0 Å². The summed E-state index contributed by atoms with van der Waals surface area (Å²) in [6, 6.07) is -0.527. The predicted molar refractivity (Wildman–Crippen MR) is 68.7 cm³/mol. The molecule has 0 bridgehead atoms. The molecule has 0 spiro atoms. The SMILES string of the molecule is CC(CCC(=O)O)NC(=O)N1CCCN(C)C(=O)C1. The smallest absolute Gasteiger partial charge is 0.318 e. The number of carbonyl (C=O) groups excluding carboxylic acids is 2. The van der Waals surface area contributed by atoms with Gasteiger partial charge in [-0.05, 0) is 19.8 Å². The van der Waals surface area contributed by atoms with E-state index in [0.717, 1.165) is 6.42 Å². The number of carboxylic acids is 1. The van der Waals surface area contributed by atoms with Gasteiger partial charge < -0.3 is 20.2 Å². The van der Waals surface area contributed by atoms with Crippen LogP contribution in [0.3, 0.4) is 0 Å². The third-order valence-corrected chi connectivity index (χ3v) is 3.12. The molecule has 108 valence electrons. The molecule has 1 rings (SSSR count). The summed E-state index contributed by atoms with van der Waals surface area (Å²) < 4.78 is 0. The fourth-order valence-electron chi connectivity index (χ4n) is 1.87. The van der Waals surface area contributed by atoms with Crippen LogP contribution in [0.2, 0.25) is 0 Å². The molecule has 19 heavy (non-hydrogen) atoms. The van der Waals surface area contributed by atoms with E-state index in [9.17, 15) is 14.4 Å². The molecule has 2 N–H and O–H groups in total. The minimum atomic E-state index is -0.882. The van der Waals surface area contributed by atoms with Crippen LogP contribution in [0.25, 0.3) is 0 Å². The Kier molecular flexibility index (Phi) is 5.59. The molecule has 0 saturated carbocycles. The molecule has 1 aliphatic heterocycles. The van der Waals surface area contributed by atoms with Gasteiger partial charge in [-0.15, -0.1) is 0 Å². The van der Waals surface area contributed by atoms with Crippen molar-refractivity contribution < 1.29 is 19.5 Å². The third kappa shape index (κ3) is 5.15. The van der Waals surface area contributed by atoms with Crippen molar-refractivity contribution in [2.45, 2.75) is 32.2 Å². The van der Waals surface area contributed by atoms with Crippen LogP contribution in [-0.2, 0) is 9.59 Å². The lowest BCUT2D eigenvalue weighted by Crippen LogP contribution is -2.46. The molecule has 7 heteroatoms. The molecule has 0 aromatic heterocycles. The van der Waals surface area contributed by atoms with Crippen molar-refractivity contribution in [2.75, 3.05) is 26.7 Å². The van der Waals surface area contributed by atoms with Crippen molar-refractivity contribution >= 4 is 17.9 Å². The lowest BCUT2D eigenvalue weighted by Gasteiger charge is -2.22. The second kappa shape index (κ2) is 6.96. The zero-order chi connectivity index (χ0) is 14.4. The zero-order valence-electron chi connectivity index (χ0n) is 11.4. The number of hydrogen-bond donors (Lipinski definition) is 2. The maximum absolute atomic E-state index is 12.0. The molecular formula is C12H21N3O4. The Morgan fingerprint density at radius 2 is 2.11 bits per heavy atom. The largest absolute Gasteiger partial charge is 0.481 e. The highest BCUT2D eigenvalue weighted by Gasteiger charge is 2.23. The number of amides is 3. The monoisotopic (exact) mass is 271 g/mol. The molecule has 3 amide bonds. The number of aliphatic carboxylic acids is 1. The molecule has 0 radical (unpaired) electrons. The molecule has 0 aliphatic carbocycles. The Bertz CT molecular complexity index is 359. The summed E-state index contributed by atoms with van der Waals surface area (Å²) in [6.45, 7) is 3.02. The molecule has 1 fully saturated rings. The van der Waals surface area contributed by atoms with Crippen molar-refractivity contribution in [3.63, 3.8) is 0 Å². The lowest BCUT2D eigenvalue weighted by molar-refractivity contribution is -0.137. The summed E-state index contributed by atoms with van der Waals surface area (Å²) in [5, 5.41) is 11.3. The van der Waals surface area contributed by atoms with E-state index in [-0.39, 0.29) is 30.9 Å². The van der Waals surface area contributed by atoms with E-state index in [1.807, 2.05) is 0 Å². The molecule has 0 aromatic carbocycles. The van der Waals surface area contributed by atoms with Gasteiger partial charge in [0.15, 0.2) is 0 Å². The van der Waals surface area contributed by atoms with Gasteiger partial charge in [-0.1, -0.05) is 0 Å². The molecule has 7 nitrogen and oxygen atoms in total. The first-order valence-electron chi connectivity index (χ1n) is 6.41. The molecular weight excluding hydrogens is 250 g/mol. The highest BCUT2D eigenvalue weighted by molar-refractivity contribution is 5.84. The van der Waals surface area contributed by atoms with Crippen LogP contribution in [-0.4, -0.2) is 65.5 Å². The van der Waals surface area contributed by atoms with Gasteiger partial charge in [0.1, 0.15) is 6.54 Å². The van der Waals surface area contributed by atoms with E-state index < -0.39 is 5.97 Å². The summed E-state index contributed by atoms with van der Waals surface area (Å²) in [6.07, 6.45) is 1.14. The molecule has 1 unspecified atom stereocenters. The second-order valence-corrected chi connectivity index (χ2v) is 4.87. The van der Waals surface area contributed by atoms with Crippen LogP contribution in [0.1, 0.15) is 26.2 Å². The average Bonchev–Trinajstić information content (AvgIpc) is 2.49. The van der Waals surface area contributed by atoms with Crippen molar-refractivity contribution in [3.05, 3.63) is 0 Å². The second-order valence-electron chi connectivity index (χ2n) is 4.87. The van der Waals surface area contributed by atoms with Gasteiger partial charge in [0.05, 0.1) is 0 Å². The number of hydrogen-bond acceptors (Lipinski definition) is 3. The quantitative estimate of drug-likeness (QED) is 0.759. The van der Waals surface area contributed by atoms with Gasteiger partial charge in [0, 0.05) is 32.6 Å². The van der Waals surface area contributed by atoms with Crippen LogP contribution in [0, 0.1) is 0 Å². The summed E-state index contributed by atoms with van der Waals surface area (Å²) in [7, 11) is 1.72. The highest BCUT2D eigenvalue weighted by atomic mass is 16.4. The van der Waals surface area contributed by atoms with E-state index in [0.29, 0.717) is 19.5 Å². The van der Waals surface area contributed by atoms with Crippen molar-refractivity contribution in [3.8, 4) is 0 Å². The number of rotatable bonds is 4. The van der Waals surface area contributed by atoms with E-state index >= 15 is 0 Å². The Hall–Kier alpha value is -1.79. The molecule has 0 aromatic rings. The van der Waals surface area contributed by atoms with Gasteiger partial charge in [-0.3, -0.25) is 9.59 Å². The predicted octanol–water partition coefficient (Wildman–Crippen LogP) is 0.113. The fraction of sp³-hybridized carbons (Fsp3) is 0.750. The topological polar surface area (TPSA) is 89.9 Å². The minimum Gasteiger partial charge on any atom is -0.481 e. The maximum Gasteiger partial charge on any atom is 0.318 e. The van der Waals surface area contributed by atoms with Crippen LogP contribution < -0.4 is 5.32 Å². The van der Waals surface area contributed by atoms with Gasteiger partial charge >= 0.3 is 12.0 Å². The van der Waals surface area contributed by atoms with Crippen molar-refractivity contribution in [1.82, 2.24) is 15.1 Å². The Labute approximate surface area is 112 Å². The number of nitrogens with one attached hydrogen (secondary N) is 1. The molecule has 1 saturated heterocycles. The van der Waals surface area contributed by atoms with Crippen molar-refractivity contribution in [2.24, 2.45) is 0 Å². The Morgan fingerprint density at radius 3 is 2.74 bits per heavy atom. The zero-order valence-corrected chi connectivity index (χ0v) is 11.4.